The van der Waals surface area contributed by atoms with Crippen molar-refractivity contribution in [2.24, 2.45) is 0 Å². The van der Waals surface area contributed by atoms with Crippen molar-refractivity contribution in [2.45, 2.75) is 24.6 Å². The summed E-state index contributed by atoms with van der Waals surface area (Å²) < 4.78 is 0. The molecule has 0 heterocycles. The number of rotatable bonds is 4. The van der Waals surface area contributed by atoms with Crippen molar-refractivity contribution < 1.29 is 0 Å². The van der Waals surface area contributed by atoms with Crippen molar-refractivity contribution in [3.8, 4) is 0 Å². The van der Waals surface area contributed by atoms with Gasteiger partial charge in [0.2, 0.25) is 0 Å². The summed E-state index contributed by atoms with van der Waals surface area (Å²) >= 11 is 8.92. The summed E-state index contributed by atoms with van der Waals surface area (Å²) in [5.74, 6) is 0. The molecule has 1 atom stereocenters. The Bertz CT molecular complexity index is 45.8. The second-order valence-electron chi connectivity index (χ2n) is 1.78. The van der Waals surface area contributed by atoms with Crippen molar-refractivity contribution in [3.05, 3.63) is 6.92 Å². The van der Waals surface area contributed by atoms with Crippen LogP contribution in [0.2, 0.25) is 0 Å². The first-order valence-corrected chi connectivity index (χ1v) is 4.36. The van der Waals surface area contributed by atoms with Crippen LogP contribution in [-0.4, -0.2) is 10.7 Å². The molecule has 0 aromatic rings. The monoisotopic (exact) mass is 197 g/mol. The first-order valence-electron chi connectivity index (χ1n) is 2.80. The van der Waals surface area contributed by atoms with Gasteiger partial charge in [0.1, 0.15) is 0 Å². The maximum absolute atomic E-state index is 5.59. The van der Waals surface area contributed by atoms with Crippen molar-refractivity contribution in [2.75, 3.05) is 5.33 Å². The normalized spacial score (nSPS) is 13.9. The van der Waals surface area contributed by atoms with Crippen LogP contribution < -0.4 is 0 Å². The molecule has 0 rings (SSSR count). The maximum Gasteiger partial charge on any atom is 0.0336 e. The standard InChI is InChI=1S/C6H11BrCl/c1-6(8)4-2-3-5-7/h6H,1-5H2. The Morgan fingerprint density at radius 2 is 2.12 bits per heavy atom. The molecular weight excluding hydrogens is 187 g/mol. The predicted octanol–water partition coefficient (Wildman–Crippen LogP) is 2.99. The number of hydrogen-bond donors (Lipinski definition) is 0. The lowest BCUT2D eigenvalue weighted by atomic mass is 10.2. The average molecular weight is 199 g/mol. The van der Waals surface area contributed by atoms with E-state index in [0.29, 0.717) is 0 Å². The van der Waals surface area contributed by atoms with Gasteiger partial charge >= 0.3 is 0 Å². The molecule has 0 nitrogen and oxygen atoms in total. The smallest absolute Gasteiger partial charge is 0.0336 e. The third-order valence-electron chi connectivity index (χ3n) is 0.901. The molecule has 0 saturated heterocycles. The summed E-state index contributed by atoms with van der Waals surface area (Å²) in [5.41, 5.74) is 0. The number of halogens is 2. The third-order valence-corrected chi connectivity index (χ3v) is 1.68. The number of unbranched alkanes of at least 4 members (excludes halogenated alkanes) is 1. The molecule has 0 spiro atoms. The maximum atomic E-state index is 5.59. The molecule has 49 valence electrons. The molecule has 1 unspecified atom stereocenters. The Balaban J connectivity index is 2.72. The van der Waals surface area contributed by atoms with Crippen LogP contribution in [0.1, 0.15) is 19.3 Å². The Morgan fingerprint density at radius 1 is 1.50 bits per heavy atom. The first kappa shape index (κ1) is 8.77. The van der Waals surface area contributed by atoms with Gasteiger partial charge in [0.05, 0.1) is 0 Å². The second kappa shape index (κ2) is 5.90. The molecule has 0 N–H and O–H groups in total. The van der Waals surface area contributed by atoms with Crippen LogP contribution in [0, 0.1) is 6.92 Å². The lowest BCUT2D eigenvalue weighted by molar-refractivity contribution is 0.740. The summed E-state index contributed by atoms with van der Waals surface area (Å²) in [6.07, 6.45) is 3.43. The van der Waals surface area contributed by atoms with Crippen LogP contribution in [0.15, 0.2) is 0 Å². The molecule has 0 aliphatic heterocycles. The molecule has 0 bridgehead atoms. The molecule has 0 aliphatic rings. The lowest BCUT2D eigenvalue weighted by Crippen LogP contribution is -1.90. The minimum absolute atomic E-state index is 0.106. The SMILES string of the molecule is [CH2]C(Cl)CCCCBr. The third kappa shape index (κ3) is 6.77. The zero-order valence-corrected chi connectivity index (χ0v) is 7.21. The van der Waals surface area contributed by atoms with Gasteiger partial charge in [-0.1, -0.05) is 22.4 Å². The van der Waals surface area contributed by atoms with Crippen LogP contribution in [0.5, 0.6) is 0 Å². The van der Waals surface area contributed by atoms with Crippen LogP contribution in [0.25, 0.3) is 0 Å². The quantitative estimate of drug-likeness (QED) is 0.481. The number of hydrogen-bond acceptors (Lipinski definition) is 0. The van der Waals surface area contributed by atoms with E-state index >= 15 is 0 Å². The molecular formula is C6H11BrCl. The fourth-order valence-electron chi connectivity index (χ4n) is 0.460. The largest absolute Gasteiger partial charge is 0.123 e. The van der Waals surface area contributed by atoms with Gasteiger partial charge in [0.15, 0.2) is 0 Å². The van der Waals surface area contributed by atoms with Gasteiger partial charge in [-0.25, -0.2) is 0 Å². The van der Waals surface area contributed by atoms with E-state index in [1.54, 1.807) is 0 Å². The van der Waals surface area contributed by atoms with E-state index in [1.807, 2.05) is 0 Å². The van der Waals surface area contributed by atoms with Crippen LogP contribution in [0.3, 0.4) is 0 Å². The highest BCUT2D eigenvalue weighted by Gasteiger charge is 1.93. The highest BCUT2D eigenvalue weighted by atomic mass is 79.9. The minimum Gasteiger partial charge on any atom is -0.123 e. The van der Waals surface area contributed by atoms with E-state index in [0.717, 1.165) is 11.8 Å². The Labute approximate surface area is 64.7 Å². The first-order chi connectivity index (χ1) is 3.77. The van der Waals surface area contributed by atoms with E-state index in [2.05, 4.69) is 22.9 Å². The van der Waals surface area contributed by atoms with E-state index < -0.39 is 0 Å². The molecule has 0 aromatic heterocycles. The van der Waals surface area contributed by atoms with Crippen LogP contribution in [-0.2, 0) is 0 Å². The van der Waals surface area contributed by atoms with Gasteiger partial charge in [-0.05, 0) is 19.8 Å². The average Bonchev–Trinajstić information content (AvgIpc) is 1.66. The van der Waals surface area contributed by atoms with Crippen molar-refractivity contribution in [3.63, 3.8) is 0 Å². The number of alkyl halides is 2. The molecule has 0 aromatic carbocycles. The summed E-state index contributed by atoms with van der Waals surface area (Å²) in [4.78, 5) is 0. The van der Waals surface area contributed by atoms with Crippen LogP contribution >= 0.6 is 27.5 Å². The van der Waals surface area contributed by atoms with Crippen molar-refractivity contribution in [1.82, 2.24) is 0 Å². The van der Waals surface area contributed by atoms with Gasteiger partial charge < -0.3 is 0 Å². The topological polar surface area (TPSA) is 0 Å². The fourth-order valence-corrected chi connectivity index (χ4v) is 1.01. The lowest BCUT2D eigenvalue weighted by Gasteiger charge is -1.98. The minimum atomic E-state index is 0.106. The highest BCUT2D eigenvalue weighted by Crippen LogP contribution is 2.06. The van der Waals surface area contributed by atoms with Gasteiger partial charge in [-0.2, -0.15) is 0 Å². The van der Waals surface area contributed by atoms with Gasteiger partial charge in [-0.15, -0.1) is 11.6 Å². The molecule has 0 fully saturated rings. The molecule has 0 saturated carbocycles. The zero-order valence-electron chi connectivity index (χ0n) is 4.87. The Kier molecular flexibility index (Phi) is 6.47. The molecule has 1 radical (unpaired) electrons. The van der Waals surface area contributed by atoms with Crippen molar-refractivity contribution >= 4 is 27.5 Å². The molecule has 0 aliphatic carbocycles. The zero-order chi connectivity index (χ0) is 6.41. The summed E-state index contributed by atoms with van der Waals surface area (Å²) in [6, 6.07) is 0. The second-order valence-corrected chi connectivity index (χ2v) is 3.19. The van der Waals surface area contributed by atoms with Gasteiger partial charge in [-0.3, -0.25) is 0 Å². The summed E-state index contributed by atoms with van der Waals surface area (Å²) in [6.45, 7) is 3.66. The van der Waals surface area contributed by atoms with Crippen molar-refractivity contribution in [1.29, 1.82) is 0 Å². The van der Waals surface area contributed by atoms with E-state index in [9.17, 15) is 0 Å². The summed E-state index contributed by atoms with van der Waals surface area (Å²) in [5, 5.41) is 1.19. The predicted molar refractivity (Wildman–Crippen MR) is 42.6 cm³/mol. The highest BCUT2D eigenvalue weighted by molar-refractivity contribution is 9.09. The summed E-state index contributed by atoms with van der Waals surface area (Å²) in [7, 11) is 0. The van der Waals surface area contributed by atoms with E-state index in [1.165, 1.54) is 12.8 Å². The van der Waals surface area contributed by atoms with Gasteiger partial charge in [0.25, 0.3) is 0 Å². The Hall–Kier alpha value is 0.770. The van der Waals surface area contributed by atoms with Gasteiger partial charge in [0, 0.05) is 10.7 Å². The van der Waals surface area contributed by atoms with E-state index in [4.69, 9.17) is 11.6 Å². The van der Waals surface area contributed by atoms with Crippen LogP contribution in [0.4, 0.5) is 0 Å². The fraction of sp³-hybridized carbons (Fsp3) is 0.833. The molecule has 8 heavy (non-hydrogen) atoms. The van der Waals surface area contributed by atoms with E-state index in [-0.39, 0.29) is 5.38 Å². The molecule has 0 amide bonds. The Morgan fingerprint density at radius 3 is 2.50 bits per heavy atom. The molecule has 2 heteroatoms.